The highest BCUT2D eigenvalue weighted by Gasteiger charge is 2.12. The molecule has 0 aliphatic carbocycles. The molecular weight excluding hydrogens is 276 g/mol. The van der Waals surface area contributed by atoms with Crippen LogP contribution in [-0.2, 0) is 6.42 Å². The van der Waals surface area contributed by atoms with Crippen molar-refractivity contribution in [2.75, 3.05) is 11.9 Å². The molecular formula is C18H26N2O2. The van der Waals surface area contributed by atoms with Gasteiger partial charge in [-0.15, -0.1) is 0 Å². The molecule has 0 fully saturated rings. The number of benzene rings is 1. The molecule has 1 heterocycles. The molecule has 0 unspecified atom stereocenters. The second-order valence-corrected chi connectivity index (χ2v) is 4.51. The van der Waals surface area contributed by atoms with E-state index in [1.807, 2.05) is 39.0 Å². The first kappa shape index (κ1) is 17.7. The zero-order valence-corrected chi connectivity index (χ0v) is 13.7. The lowest BCUT2D eigenvalue weighted by molar-refractivity contribution is 0.0691. The van der Waals surface area contributed by atoms with Gasteiger partial charge in [0, 0.05) is 19.7 Å². The number of carbonyl (C=O) groups is 1. The second-order valence-electron chi connectivity index (χ2n) is 4.51. The van der Waals surface area contributed by atoms with Crippen molar-refractivity contribution < 1.29 is 11.3 Å². The zero-order valence-electron chi connectivity index (χ0n) is 13.7. The maximum atomic E-state index is 11.1. The number of anilines is 1. The molecule has 0 aliphatic rings. The van der Waals surface area contributed by atoms with E-state index < -0.39 is 5.97 Å². The minimum atomic E-state index is -1.02. The Labute approximate surface area is 133 Å². The molecule has 120 valence electrons. The maximum Gasteiger partial charge on any atom is 0.356 e. The SMILES string of the molecule is CC.CCNc1cc(-c2cccc(CC)c2)cnc1C(=O)O.[HH]. The summed E-state index contributed by atoms with van der Waals surface area (Å²) in [7, 11) is 0. The molecule has 0 bridgehead atoms. The fraction of sp³-hybridized carbons (Fsp3) is 0.333. The van der Waals surface area contributed by atoms with Crippen molar-refractivity contribution in [2.24, 2.45) is 0 Å². The van der Waals surface area contributed by atoms with E-state index in [1.54, 1.807) is 6.20 Å². The van der Waals surface area contributed by atoms with Crippen LogP contribution in [0.2, 0.25) is 0 Å². The van der Waals surface area contributed by atoms with Gasteiger partial charge in [-0.2, -0.15) is 0 Å². The summed E-state index contributed by atoms with van der Waals surface area (Å²) in [4.78, 5) is 15.2. The molecule has 22 heavy (non-hydrogen) atoms. The molecule has 0 amide bonds. The minimum Gasteiger partial charge on any atom is -0.476 e. The Balaban J connectivity index is 0.00000155. The summed E-state index contributed by atoms with van der Waals surface area (Å²) in [6, 6.07) is 10.0. The maximum absolute atomic E-state index is 11.1. The van der Waals surface area contributed by atoms with E-state index in [-0.39, 0.29) is 7.12 Å². The number of hydrogen-bond acceptors (Lipinski definition) is 3. The van der Waals surface area contributed by atoms with Crippen molar-refractivity contribution >= 4 is 11.7 Å². The van der Waals surface area contributed by atoms with Crippen molar-refractivity contribution in [3.63, 3.8) is 0 Å². The molecule has 0 radical (unpaired) electrons. The van der Waals surface area contributed by atoms with E-state index >= 15 is 0 Å². The van der Waals surface area contributed by atoms with Gasteiger partial charge in [-0.3, -0.25) is 0 Å². The third-order valence-electron chi connectivity index (χ3n) is 3.13. The monoisotopic (exact) mass is 302 g/mol. The lowest BCUT2D eigenvalue weighted by Gasteiger charge is -2.10. The molecule has 0 saturated heterocycles. The van der Waals surface area contributed by atoms with Crippen LogP contribution in [0.5, 0.6) is 0 Å². The van der Waals surface area contributed by atoms with Crippen LogP contribution in [0, 0.1) is 0 Å². The van der Waals surface area contributed by atoms with Crippen LogP contribution in [0.1, 0.15) is 45.2 Å². The van der Waals surface area contributed by atoms with Crippen molar-refractivity contribution in [3.05, 3.63) is 47.8 Å². The quantitative estimate of drug-likeness (QED) is 0.839. The normalized spacial score (nSPS) is 9.64. The molecule has 1 aromatic carbocycles. The van der Waals surface area contributed by atoms with Gasteiger partial charge >= 0.3 is 5.97 Å². The van der Waals surface area contributed by atoms with Crippen molar-refractivity contribution in [2.45, 2.75) is 34.1 Å². The number of pyridine rings is 1. The summed E-state index contributed by atoms with van der Waals surface area (Å²) in [5, 5.41) is 12.2. The van der Waals surface area contributed by atoms with Gasteiger partial charge in [0.1, 0.15) is 0 Å². The Morgan fingerprint density at radius 1 is 1.23 bits per heavy atom. The lowest BCUT2D eigenvalue weighted by atomic mass is 10.0. The van der Waals surface area contributed by atoms with Crippen LogP contribution >= 0.6 is 0 Å². The highest BCUT2D eigenvalue weighted by Crippen LogP contribution is 2.25. The van der Waals surface area contributed by atoms with Crippen LogP contribution in [0.15, 0.2) is 36.5 Å². The van der Waals surface area contributed by atoms with Crippen LogP contribution < -0.4 is 5.32 Å². The molecule has 0 spiro atoms. The molecule has 0 atom stereocenters. The first-order valence-corrected chi connectivity index (χ1v) is 7.72. The van der Waals surface area contributed by atoms with Crippen molar-refractivity contribution in [1.29, 1.82) is 0 Å². The van der Waals surface area contributed by atoms with E-state index in [0.29, 0.717) is 12.2 Å². The molecule has 1 aromatic heterocycles. The first-order chi connectivity index (χ1) is 10.7. The second kappa shape index (κ2) is 8.82. The van der Waals surface area contributed by atoms with Gasteiger partial charge in [0.2, 0.25) is 0 Å². The van der Waals surface area contributed by atoms with E-state index in [9.17, 15) is 4.79 Å². The molecule has 4 nitrogen and oxygen atoms in total. The van der Waals surface area contributed by atoms with Crippen LogP contribution in [0.25, 0.3) is 11.1 Å². The van der Waals surface area contributed by atoms with Gasteiger partial charge in [0.05, 0.1) is 5.69 Å². The number of nitrogens with zero attached hydrogens (tertiary/aromatic N) is 1. The van der Waals surface area contributed by atoms with E-state index in [2.05, 4.69) is 29.4 Å². The molecule has 2 rings (SSSR count). The fourth-order valence-corrected chi connectivity index (χ4v) is 2.09. The number of aryl methyl sites for hydroxylation is 1. The predicted octanol–water partition coefficient (Wildman–Crippen LogP) is 4.71. The number of carboxylic acid groups (broad SMARTS) is 1. The Bertz CT molecular complexity index is 630. The minimum absolute atomic E-state index is 0. The summed E-state index contributed by atoms with van der Waals surface area (Å²) in [5.74, 6) is -1.02. The molecule has 2 aromatic rings. The smallest absolute Gasteiger partial charge is 0.356 e. The van der Waals surface area contributed by atoms with Crippen molar-refractivity contribution in [3.8, 4) is 11.1 Å². The predicted molar refractivity (Wildman–Crippen MR) is 93.6 cm³/mol. The fourth-order valence-electron chi connectivity index (χ4n) is 2.09. The average Bonchev–Trinajstić information content (AvgIpc) is 2.57. The lowest BCUT2D eigenvalue weighted by Crippen LogP contribution is -2.08. The number of rotatable bonds is 5. The summed E-state index contributed by atoms with van der Waals surface area (Å²) in [5.41, 5.74) is 3.82. The van der Waals surface area contributed by atoms with E-state index in [0.717, 1.165) is 17.5 Å². The zero-order chi connectivity index (χ0) is 16.5. The van der Waals surface area contributed by atoms with Gasteiger partial charge in [-0.25, -0.2) is 9.78 Å². The van der Waals surface area contributed by atoms with E-state index in [4.69, 9.17) is 5.11 Å². The summed E-state index contributed by atoms with van der Waals surface area (Å²) < 4.78 is 0. The van der Waals surface area contributed by atoms with Crippen LogP contribution in [0.3, 0.4) is 0 Å². The summed E-state index contributed by atoms with van der Waals surface area (Å²) in [6.45, 7) is 8.69. The third-order valence-corrected chi connectivity index (χ3v) is 3.13. The van der Waals surface area contributed by atoms with Crippen LogP contribution in [0.4, 0.5) is 5.69 Å². The Morgan fingerprint density at radius 3 is 2.55 bits per heavy atom. The average molecular weight is 302 g/mol. The number of hydrogen-bond donors (Lipinski definition) is 2. The molecule has 0 aliphatic heterocycles. The van der Waals surface area contributed by atoms with Gasteiger partial charge in [-0.1, -0.05) is 45.0 Å². The Hall–Kier alpha value is -2.36. The standard InChI is InChI=1S/C16H18N2O2.C2H6.H2/c1-3-11-6-5-7-12(8-11)13-9-14(17-4-2)15(16(19)20)18-10-13;1-2;/h5-10,17H,3-4H2,1-2H3,(H,19,20);1-2H3;1H. The number of aromatic nitrogens is 1. The Morgan fingerprint density at radius 2 is 1.95 bits per heavy atom. The molecule has 4 heteroatoms. The largest absolute Gasteiger partial charge is 0.476 e. The summed E-state index contributed by atoms with van der Waals surface area (Å²) in [6.07, 6.45) is 2.58. The first-order valence-electron chi connectivity index (χ1n) is 7.72. The van der Waals surface area contributed by atoms with Crippen molar-refractivity contribution in [1.82, 2.24) is 4.98 Å². The number of aromatic carboxylic acids is 1. The van der Waals surface area contributed by atoms with Crippen LogP contribution in [-0.4, -0.2) is 22.6 Å². The molecule has 0 saturated carbocycles. The number of carboxylic acids is 1. The van der Waals surface area contributed by atoms with Gasteiger partial charge < -0.3 is 10.4 Å². The Kier molecular flexibility index (Phi) is 7.09. The van der Waals surface area contributed by atoms with Gasteiger partial charge in [0.25, 0.3) is 0 Å². The van der Waals surface area contributed by atoms with E-state index in [1.165, 1.54) is 5.56 Å². The summed E-state index contributed by atoms with van der Waals surface area (Å²) >= 11 is 0. The van der Waals surface area contributed by atoms with Gasteiger partial charge in [-0.05, 0) is 30.5 Å². The topological polar surface area (TPSA) is 62.2 Å². The highest BCUT2D eigenvalue weighted by atomic mass is 16.4. The molecule has 2 N–H and O–H groups in total. The number of nitrogens with one attached hydrogen (secondary N) is 1. The van der Waals surface area contributed by atoms with Gasteiger partial charge in [0.15, 0.2) is 5.69 Å². The highest BCUT2D eigenvalue weighted by molar-refractivity contribution is 5.93. The third kappa shape index (κ3) is 4.32.